The SMILES string of the molecule is Cc1cc(C(=O)c2c(Cl)cc(Cl)cc2Cl)sc1Br. The van der Waals surface area contributed by atoms with Gasteiger partial charge in [-0.2, -0.15) is 0 Å². The molecule has 6 heteroatoms. The van der Waals surface area contributed by atoms with E-state index in [2.05, 4.69) is 15.9 Å². The van der Waals surface area contributed by atoms with Crippen LogP contribution in [0.25, 0.3) is 0 Å². The number of benzene rings is 1. The predicted molar refractivity (Wildman–Crippen MR) is 81.7 cm³/mol. The lowest BCUT2D eigenvalue weighted by molar-refractivity contribution is 0.104. The summed E-state index contributed by atoms with van der Waals surface area (Å²) in [5.74, 6) is -0.194. The number of halogens is 4. The van der Waals surface area contributed by atoms with E-state index in [1.165, 1.54) is 23.5 Å². The van der Waals surface area contributed by atoms with Crippen LogP contribution in [0, 0.1) is 6.92 Å². The lowest BCUT2D eigenvalue weighted by Gasteiger charge is -2.05. The van der Waals surface area contributed by atoms with E-state index in [9.17, 15) is 4.79 Å². The number of hydrogen-bond donors (Lipinski definition) is 0. The van der Waals surface area contributed by atoms with E-state index in [0.29, 0.717) is 9.90 Å². The largest absolute Gasteiger partial charge is 0.288 e. The van der Waals surface area contributed by atoms with Crippen LogP contribution < -0.4 is 0 Å². The van der Waals surface area contributed by atoms with Crippen molar-refractivity contribution in [3.05, 3.63) is 53.1 Å². The predicted octanol–water partition coefficient (Wildman–Crippen LogP) is 6.01. The van der Waals surface area contributed by atoms with Gasteiger partial charge in [0.25, 0.3) is 0 Å². The summed E-state index contributed by atoms with van der Waals surface area (Å²) in [6, 6.07) is 4.83. The second-order valence-corrected chi connectivity index (χ2v) is 7.26. The van der Waals surface area contributed by atoms with Crippen LogP contribution >= 0.6 is 62.1 Å². The molecule has 1 aromatic heterocycles. The van der Waals surface area contributed by atoms with Crippen molar-refractivity contribution in [2.75, 3.05) is 0 Å². The fourth-order valence-corrected chi connectivity index (χ4v) is 3.92. The number of carbonyl (C=O) groups excluding carboxylic acids is 1. The molecule has 0 aliphatic heterocycles. The first-order valence-corrected chi connectivity index (χ1v) is 7.59. The van der Waals surface area contributed by atoms with Gasteiger partial charge in [-0.15, -0.1) is 11.3 Å². The van der Waals surface area contributed by atoms with Gasteiger partial charge in [-0.3, -0.25) is 4.79 Å². The Kier molecular flexibility index (Phi) is 4.40. The van der Waals surface area contributed by atoms with Gasteiger partial charge in [-0.05, 0) is 46.6 Å². The molecule has 0 saturated carbocycles. The lowest BCUT2D eigenvalue weighted by atomic mass is 10.1. The normalized spacial score (nSPS) is 10.7. The highest BCUT2D eigenvalue weighted by atomic mass is 79.9. The van der Waals surface area contributed by atoms with Crippen molar-refractivity contribution in [2.45, 2.75) is 6.92 Å². The molecule has 2 aromatic rings. The third kappa shape index (κ3) is 2.75. The zero-order valence-corrected chi connectivity index (χ0v) is 13.7. The monoisotopic (exact) mass is 382 g/mol. The Morgan fingerprint density at radius 3 is 2.17 bits per heavy atom. The summed E-state index contributed by atoms with van der Waals surface area (Å²) in [5, 5.41) is 0.935. The number of ketones is 1. The van der Waals surface area contributed by atoms with Crippen LogP contribution in [0.4, 0.5) is 0 Å². The molecule has 0 saturated heterocycles. The van der Waals surface area contributed by atoms with Crippen molar-refractivity contribution in [3.63, 3.8) is 0 Å². The molecule has 2 rings (SSSR count). The van der Waals surface area contributed by atoms with Crippen LogP contribution in [-0.4, -0.2) is 5.78 Å². The van der Waals surface area contributed by atoms with E-state index >= 15 is 0 Å². The molecule has 0 spiro atoms. The maximum absolute atomic E-state index is 12.3. The van der Waals surface area contributed by atoms with Gasteiger partial charge in [0.2, 0.25) is 5.78 Å². The maximum atomic E-state index is 12.3. The highest BCUT2D eigenvalue weighted by Crippen LogP contribution is 2.34. The number of thiophene rings is 1. The van der Waals surface area contributed by atoms with E-state index in [0.717, 1.165) is 9.35 Å². The molecule has 0 radical (unpaired) electrons. The van der Waals surface area contributed by atoms with Crippen LogP contribution in [0.2, 0.25) is 15.1 Å². The van der Waals surface area contributed by atoms with Crippen LogP contribution in [0.1, 0.15) is 20.8 Å². The van der Waals surface area contributed by atoms with Gasteiger partial charge < -0.3 is 0 Å². The molecule has 0 bridgehead atoms. The highest BCUT2D eigenvalue weighted by molar-refractivity contribution is 9.11. The molecule has 0 N–H and O–H groups in total. The summed E-state index contributed by atoms with van der Waals surface area (Å²) < 4.78 is 0.923. The fraction of sp³-hybridized carbons (Fsp3) is 0.0833. The van der Waals surface area contributed by atoms with E-state index < -0.39 is 0 Å². The summed E-state index contributed by atoms with van der Waals surface area (Å²) in [6.45, 7) is 1.92. The van der Waals surface area contributed by atoms with Gasteiger partial charge >= 0.3 is 0 Å². The number of carbonyl (C=O) groups is 1. The summed E-state index contributed by atoms with van der Waals surface area (Å²) in [4.78, 5) is 12.9. The van der Waals surface area contributed by atoms with Crippen LogP contribution in [-0.2, 0) is 0 Å². The topological polar surface area (TPSA) is 17.1 Å². The molecule has 0 atom stereocenters. The molecule has 1 heterocycles. The van der Waals surface area contributed by atoms with Crippen LogP contribution in [0.15, 0.2) is 22.0 Å². The van der Waals surface area contributed by atoms with Crippen molar-refractivity contribution in [1.82, 2.24) is 0 Å². The van der Waals surface area contributed by atoms with Gasteiger partial charge in [0.1, 0.15) is 0 Å². The minimum atomic E-state index is -0.194. The quantitative estimate of drug-likeness (QED) is 0.580. The van der Waals surface area contributed by atoms with Crippen molar-refractivity contribution in [2.24, 2.45) is 0 Å². The third-order valence-corrected chi connectivity index (χ3v) is 5.26. The van der Waals surface area contributed by atoms with E-state index in [4.69, 9.17) is 34.8 Å². The molecule has 0 fully saturated rings. The average molecular weight is 385 g/mol. The molecule has 0 unspecified atom stereocenters. The Balaban J connectivity index is 2.52. The number of aryl methyl sites for hydroxylation is 1. The number of rotatable bonds is 2. The zero-order chi connectivity index (χ0) is 13.4. The van der Waals surface area contributed by atoms with Crippen LogP contribution in [0.5, 0.6) is 0 Å². The zero-order valence-electron chi connectivity index (χ0n) is 9.06. The first kappa shape index (κ1) is 14.4. The van der Waals surface area contributed by atoms with Gasteiger partial charge in [0, 0.05) is 5.02 Å². The molecule has 0 amide bonds. The summed E-state index contributed by atoms with van der Waals surface area (Å²) in [5.41, 5.74) is 1.29. The van der Waals surface area contributed by atoms with Gasteiger partial charge in [0.15, 0.2) is 0 Å². The molecule has 0 aliphatic carbocycles. The standard InChI is InChI=1S/C12H6BrCl3OS/c1-5-2-9(18-12(5)13)11(17)10-7(15)3-6(14)4-8(10)16/h2-4H,1H3. The van der Waals surface area contributed by atoms with Gasteiger partial charge in [-0.25, -0.2) is 0 Å². The average Bonchev–Trinajstić information content (AvgIpc) is 2.57. The molecule has 94 valence electrons. The van der Waals surface area contributed by atoms with E-state index in [1.54, 1.807) is 6.07 Å². The maximum Gasteiger partial charge on any atom is 0.205 e. The second kappa shape index (κ2) is 5.51. The first-order chi connectivity index (χ1) is 8.40. The van der Waals surface area contributed by atoms with Crippen molar-refractivity contribution >= 4 is 67.9 Å². The Morgan fingerprint density at radius 1 is 1.17 bits per heavy atom. The fourth-order valence-electron chi connectivity index (χ4n) is 1.45. The Bertz CT molecular complexity index is 594. The summed E-state index contributed by atoms with van der Waals surface area (Å²) >= 11 is 22.6. The highest BCUT2D eigenvalue weighted by Gasteiger charge is 2.20. The molecule has 1 nitrogen and oxygen atoms in total. The third-order valence-electron chi connectivity index (χ3n) is 2.31. The second-order valence-electron chi connectivity index (χ2n) is 3.64. The molecule has 18 heavy (non-hydrogen) atoms. The molecular formula is C12H6BrCl3OS. The van der Waals surface area contributed by atoms with Crippen molar-refractivity contribution in [1.29, 1.82) is 0 Å². The Labute approximate surface area is 132 Å². The molecule has 0 aliphatic rings. The van der Waals surface area contributed by atoms with Crippen LogP contribution in [0.3, 0.4) is 0 Å². The Morgan fingerprint density at radius 2 is 1.72 bits per heavy atom. The van der Waals surface area contributed by atoms with Crippen molar-refractivity contribution < 1.29 is 4.79 Å². The molecule has 1 aromatic carbocycles. The minimum absolute atomic E-state index is 0.194. The number of hydrogen-bond acceptors (Lipinski definition) is 2. The van der Waals surface area contributed by atoms with Gasteiger partial charge in [0.05, 0.1) is 24.3 Å². The minimum Gasteiger partial charge on any atom is -0.288 e. The Hall–Kier alpha value is -0.0600. The van der Waals surface area contributed by atoms with E-state index in [-0.39, 0.29) is 21.4 Å². The molecular weight excluding hydrogens is 378 g/mol. The van der Waals surface area contributed by atoms with Gasteiger partial charge in [-0.1, -0.05) is 34.8 Å². The summed E-state index contributed by atoms with van der Waals surface area (Å²) in [7, 11) is 0. The smallest absolute Gasteiger partial charge is 0.205 e. The first-order valence-electron chi connectivity index (χ1n) is 4.85. The van der Waals surface area contributed by atoms with Crippen molar-refractivity contribution in [3.8, 4) is 0 Å². The summed E-state index contributed by atoms with van der Waals surface area (Å²) in [6.07, 6.45) is 0. The van der Waals surface area contributed by atoms with E-state index in [1.807, 2.05) is 6.92 Å². The lowest BCUT2D eigenvalue weighted by Crippen LogP contribution is -2.01.